The monoisotopic (exact) mass is 439 g/mol. The van der Waals surface area contributed by atoms with Crippen LogP contribution in [-0.2, 0) is 9.59 Å². The van der Waals surface area contributed by atoms with E-state index in [1.807, 2.05) is 24.5 Å². The van der Waals surface area contributed by atoms with Gasteiger partial charge < -0.3 is 25.3 Å². The number of nitrogens with one attached hydrogen (secondary N) is 2. The highest BCUT2D eigenvalue weighted by atomic mass is 16.3. The SMILES string of the molecule is C[NH2+][C@@H](CC(C)C)C(=O)N[C@H]1CCN2C(=O)c3cc(-c4ccco4)ccc3NC(=O)[C@@H]2C1. The molecule has 0 unspecified atom stereocenters. The number of furan rings is 1. The number of anilines is 1. The molecule has 0 aliphatic carbocycles. The van der Waals surface area contributed by atoms with Crippen molar-refractivity contribution in [1.29, 1.82) is 0 Å². The molecular formula is C24H31N4O4+. The van der Waals surface area contributed by atoms with Crippen molar-refractivity contribution >= 4 is 23.4 Å². The molecule has 0 spiro atoms. The summed E-state index contributed by atoms with van der Waals surface area (Å²) < 4.78 is 5.45. The molecule has 3 heterocycles. The van der Waals surface area contributed by atoms with E-state index in [0.29, 0.717) is 42.3 Å². The Bertz CT molecular complexity index is 1000. The molecule has 1 saturated heterocycles. The molecule has 8 heteroatoms. The zero-order valence-electron chi connectivity index (χ0n) is 18.8. The second-order valence-electron chi connectivity index (χ2n) is 9.04. The minimum absolute atomic E-state index is 0.00798. The molecule has 0 bridgehead atoms. The van der Waals surface area contributed by atoms with E-state index in [0.717, 1.165) is 12.0 Å². The van der Waals surface area contributed by atoms with E-state index in [-0.39, 0.29) is 29.8 Å². The number of piperidine rings is 1. The minimum Gasteiger partial charge on any atom is -0.464 e. The molecule has 32 heavy (non-hydrogen) atoms. The standard InChI is InChI=1S/C24H30N4O4/c1-14(2)11-19(25-3)22(29)26-16-8-9-28-20(13-16)23(30)27-18-7-6-15(12-17(18)24(28)31)21-5-4-10-32-21/h4-7,10,12,14,16,19-20,25H,8-9,11,13H2,1-3H3,(H,26,29)(H,27,30)/p+1/t16-,19-,20-/m0/s1. The Morgan fingerprint density at radius 1 is 1.31 bits per heavy atom. The molecule has 2 aliphatic heterocycles. The van der Waals surface area contributed by atoms with E-state index < -0.39 is 6.04 Å². The molecule has 3 amide bonds. The van der Waals surface area contributed by atoms with Gasteiger partial charge in [0.25, 0.3) is 11.8 Å². The van der Waals surface area contributed by atoms with Gasteiger partial charge in [-0.1, -0.05) is 13.8 Å². The van der Waals surface area contributed by atoms with Crippen LogP contribution in [0.4, 0.5) is 5.69 Å². The smallest absolute Gasteiger partial charge is 0.278 e. The number of quaternary nitrogens is 1. The van der Waals surface area contributed by atoms with E-state index in [9.17, 15) is 14.4 Å². The molecule has 8 nitrogen and oxygen atoms in total. The number of fused-ring (bicyclic) bond motifs is 2. The van der Waals surface area contributed by atoms with Crippen LogP contribution in [0.1, 0.15) is 43.5 Å². The van der Waals surface area contributed by atoms with Gasteiger partial charge in [0.2, 0.25) is 5.91 Å². The third-order valence-corrected chi connectivity index (χ3v) is 6.29. The van der Waals surface area contributed by atoms with Crippen molar-refractivity contribution in [3.63, 3.8) is 0 Å². The topological polar surface area (TPSA) is 108 Å². The third-order valence-electron chi connectivity index (χ3n) is 6.29. The summed E-state index contributed by atoms with van der Waals surface area (Å²) in [6.45, 7) is 4.61. The van der Waals surface area contributed by atoms with Crippen molar-refractivity contribution in [2.75, 3.05) is 18.9 Å². The van der Waals surface area contributed by atoms with Crippen LogP contribution in [0.5, 0.6) is 0 Å². The number of hydrogen-bond acceptors (Lipinski definition) is 4. The lowest BCUT2D eigenvalue weighted by atomic mass is 9.95. The molecule has 2 aliphatic rings. The van der Waals surface area contributed by atoms with E-state index in [2.05, 4.69) is 24.5 Å². The fourth-order valence-corrected chi connectivity index (χ4v) is 4.60. The number of amides is 3. The first-order valence-electron chi connectivity index (χ1n) is 11.3. The summed E-state index contributed by atoms with van der Waals surface area (Å²) in [6.07, 6.45) is 3.39. The Morgan fingerprint density at radius 3 is 2.81 bits per heavy atom. The molecule has 0 saturated carbocycles. The van der Waals surface area contributed by atoms with Gasteiger partial charge in [-0.2, -0.15) is 0 Å². The molecule has 4 N–H and O–H groups in total. The molecule has 0 radical (unpaired) electrons. The van der Waals surface area contributed by atoms with Crippen LogP contribution in [0, 0.1) is 5.92 Å². The maximum Gasteiger partial charge on any atom is 0.278 e. The third kappa shape index (κ3) is 4.41. The van der Waals surface area contributed by atoms with E-state index in [4.69, 9.17) is 4.42 Å². The molecule has 3 atom stereocenters. The summed E-state index contributed by atoms with van der Waals surface area (Å²) in [4.78, 5) is 40.7. The van der Waals surface area contributed by atoms with Crippen LogP contribution in [-0.4, -0.2) is 54.3 Å². The summed E-state index contributed by atoms with van der Waals surface area (Å²) in [7, 11) is 1.90. The van der Waals surface area contributed by atoms with Crippen LogP contribution < -0.4 is 16.0 Å². The Labute approximate surface area is 187 Å². The van der Waals surface area contributed by atoms with Crippen molar-refractivity contribution < 1.29 is 24.1 Å². The lowest BCUT2D eigenvalue weighted by Crippen LogP contribution is -2.89. The summed E-state index contributed by atoms with van der Waals surface area (Å²) >= 11 is 0. The van der Waals surface area contributed by atoms with Gasteiger partial charge in [-0.05, 0) is 49.1 Å². The fourth-order valence-electron chi connectivity index (χ4n) is 4.60. The largest absolute Gasteiger partial charge is 0.464 e. The molecule has 170 valence electrons. The predicted octanol–water partition coefficient (Wildman–Crippen LogP) is 1.60. The molecule has 2 aromatic rings. The van der Waals surface area contributed by atoms with Crippen LogP contribution in [0.15, 0.2) is 41.0 Å². The average molecular weight is 440 g/mol. The molecule has 1 fully saturated rings. The highest BCUT2D eigenvalue weighted by Crippen LogP contribution is 2.32. The van der Waals surface area contributed by atoms with Crippen LogP contribution in [0.3, 0.4) is 0 Å². The second-order valence-corrected chi connectivity index (χ2v) is 9.04. The molecular weight excluding hydrogens is 408 g/mol. The summed E-state index contributed by atoms with van der Waals surface area (Å²) in [5, 5.41) is 7.95. The quantitative estimate of drug-likeness (QED) is 0.635. The van der Waals surface area contributed by atoms with Crippen molar-refractivity contribution in [2.24, 2.45) is 5.92 Å². The number of nitrogens with zero attached hydrogens (tertiary/aromatic N) is 1. The predicted molar refractivity (Wildman–Crippen MR) is 120 cm³/mol. The fraction of sp³-hybridized carbons (Fsp3) is 0.458. The zero-order valence-corrected chi connectivity index (χ0v) is 18.8. The highest BCUT2D eigenvalue weighted by Gasteiger charge is 2.40. The van der Waals surface area contributed by atoms with Gasteiger partial charge in [-0.3, -0.25) is 14.4 Å². The second kappa shape index (κ2) is 9.16. The van der Waals surface area contributed by atoms with Crippen molar-refractivity contribution in [1.82, 2.24) is 10.2 Å². The maximum absolute atomic E-state index is 13.4. The first-order chi connectivity index (χ1) is 15.4. The average Bonchev–Trinajstić information content (AvgIpc) is 3.29. The summed E-state index contributed by atoms with van der Waals surface area (Å²) in [5.41, 5.74) is 1.74. The Morgan fingerprint density at radius 2 is 2.12 bits per heavy atom. The van der Waals surface area contributed by atoms with Gasteiger partial charge in [-0.15, -0.1) is 0 Å². The normalized spacial score (nSPS) is 21.4. The van der Waals surface area contributed by atoms with Crippen LogP contribution in [0.2, 0.25) is 0 Å². The number of carbonyl (C=O) groups is 3. The number of likely N-dealkylation sites (N-methyl/N-ethyl adjacent to an activating group) is 1. The Balaban J connectivity index is 1.50. The number of benzene rings is 1. The highest BCUT2D eigenvalue weighted by molar-refractivity contribution is 6.10. The number of rotatable bonds is 6. The van der Waals surface area contributed by atoms with Crippen molar-refractivity contribution in [2.45, 2.75) is 51.2 Å². The summed E-state index contributed by atoms with van der Waals surface area (Å²) in [6, 6.07) is 8.05. The van der Waals surface area contributed by atoms with E-state index in [1.165, 1.54) is 0 Å². The minimum atomic E-state index is -0.616. The van der Waals surface area contributed by atoms with Gasteiger partial charge in [0.05, 0.1) is 24.6 Å². The van der Waals surface area contributed by atoms with Gasteiger partial charge in [-0.25, -0.2) is 0 Å². The number of carbonyl (C=O) groups excluding carboxylic acids is 3. The number of hydrogen-bond donors (Lipinski definition) is 3. The number of nitrogens with two attached hydrogens (primary N) is 1. The lowest BCUT2D eigenvalue weighted by Gasteiger charge is -2.37. The Hall–Kier alpha value is -3.13. The van der Waals surface area contributed by atoms with Crippen LogP contribution in [0.25, 0.3) is 11.3 Å². The van der Waals surface area contributed by atoms with Gasteiger partial charge in [0.15, 0.2) is 6.04 Å². The van der Waals surface area contributed by atoms with Crippen molar-refractivity contribution in [3.8, 4) is 11.3 Å². The van der Waals surface area contributed by atoms with E-state index in [1.54, 1.807) is 29.4 Å². The lowest BCUT2D eigenvalue weighted by molar-refractivity contribution is -0.651. The van der Waals surface area contributed by atoms with Gasteiger partial charge in [0, 0.05) is 24.6 Å². The summed E-state index contributed by atoms with van der Waals surface area (Å²) in [5.74, 6) is 0.673. The Kier molecular flexibility index (Phi) is 6.32. The van der Waals surface area contributed by atoms with Crippen molar-refractivity contribution in [3.05, 3.63) is 42.2 Å². The first-order valence-corrected chi connectivity index (χ1v) is 11.3. The molecule has 4 rings (SSSR count). The van der Waals surface area contributed by atoms with E-state index >= 15 is 0 Å². The van der Waals surface area contributed by atoms with Gasteiger partial charge in [0.1, 0.15) is 11.8 Å². The molecule has 1 aromatic heterocycles. The van der Waals surface area contributed by atoms with Crippen LogP contribution >= 0.6 is 0 Å². The zero-order chi connectivity index (χ0) is 22.8. The maximum atomic E-state index is 13.4. The first kappa shape index (κ1) is 22.1. The van der Waals surface area contributed by atoms with Gasteiger partial charge >= 0.3 is 0 Å². The molecule has 1 aromatic carbocycles.